The Morgan fingerprint density at radius 3 is 3.07 bits per heavy atom. The number of H-pyrrole nitrogens is 1. The molecule has 0 saturated heterocycles. The summed E-state index contributed by atoms with van der Waals surface area (Å²) in [5, 5.41) is 10.5. The predicted octanol–water partition coefficient (Wildman–Crippen LogP) is 2.25. The van der Waals surface area contributed by atoms with Crippen LogP contribution in [0.4, 0.5) is 0 Å². The maximum Gasteiger partial charge on any atom is 0.0518 e. The van der Waals surface area contributed by atoms with Gasteiger partial charge in [0.1, 0.15) is 0 Å². The largest absolute Gasteiger partial charge is 0.309 e. The van der Waals surface area contributed by atoms with Crippen molar-refractivity contribution >= 4 is 0 Å². The number of nitrogens with zero attached hydrogens (tertiary/aromatic N) is 1. The Morgan fingerprint density at radius 2 is 2.50 bits per heavy atom. The molecule has 3 heteroatoms. The number of aromatic amines is 1. The number of rotatable bonds is 5. The summed E-state index contributed by atoms with van der Waals surface area (Å²) in [5.74, 6) is 0.997. The van der Waals surface area contributed by atoms with Gasteiger partial charge >= 0.3 is 0 Å². The van der Waals surface area contributed by atoms with Gasteiger partial charge in [-0.05, 0) is 31.9 Å². The third-order valence-electron chi connectivity index (χ3n) is 3.22. The van der Waals surface area contributed by atoms with Crippen molar-refractivity contribution in [1.29, 1.82) is 0 Å². The number of aromatic nitrogens is 2. The molecule has 2 N–H and O–H groups in total. The molecule has 0 aliphatic heterocycles. The minimum absolute atomic E-state index is 0.401. The van der Waals surface area contributed by atoms with Gasteiger partial charge in [-0.2, -0.15) is 5.10 Å². The van der Waals surface area contributed by atoms with Gasteiger partial charge in [0, 0.05) is 12.2 Å². The number of nitrogens with one attached hydrogen (secondary N) is 2. The highest BCUT2D eigenvalue weighted by Gasteiger charge is 2.16. The van der Waals surface area contributed by atoms with Crippen molar-refractivity contribution in [2.45, 2.75) is 38.6 Å². The first-order chi connectivity index (χ1) is 6.86. The van der Waals surface area contributed by atoms with E-state index in [1.807, 2.05) is 6.07 Å². The van der Waals surface area contributed by atoms with Crippen molar-refractivity contribution in [2.24, 2.45) is 5.92 Å². The Hall–Kier alpha value is -0.830. The minimum Gasteiger partial charge on any atom is -0.309 e. The normalized spacial score (nSPS) is 19.2. The molecule has 0 radical (unpaired) electrons. The molecule has 0 spiro atoms. The fourth-order valence-electron chi connectivity index (χ4n) is 1.90. The highest BCUT2D eigenvalue weighted by atomic mass is 15.1. The first-order valence-electron chi connectivity index (χ1n) is 5.59. The van der Waals surface area contributed by atoms with Gasteiger partial charge in [0.2, 0.25) is 0 Å². The van der Waals surface area contributed by atoms with E-state index in [0.29, 0.717) is 6.04 Å². The Balaban J connectivity index is 1.65. The Morgan fingerprint density at radius 1 is 1.64 bits per heavy atom. The van der Waals surface area contributed by atoms with Crippen molar-refractivity contribution in [3.8, 4) is 0 Å². The molecular weight excluding hydrogens is 174 g/mol. The van der Waals surface area contributed by atoms with Crippen LogP contribution in [0.1, 0.15) is 44.3 Å². The lowest BCUT2D eigenvalue weighted by atomic mass is 9.83. The molecule has 1 aliphatic rings. The van der Waals surface area contributed by atoms with Crippen LogP contribution in [0.15, 0.2) is 12.3 Å². The highest BCUT2D eigenvalue weighted by Crippen LogP contribution is 2.28. The molecule has 0 bridgehead atoms. The summed E-state index contributed by atoms with van der Waals surface area (Å²) in [4.78, 5) is 0. The van der Waals surface area contributed by atoms with E-state index in [9.17, 15) is 0 Å². The van der Waals surface area contributed by atoms with E-state index >= 15 is 0 Å². The quantitative estimate of drug-likeness (QED) is 0.753. The summed E-state index contributed by atoms with van der Waals surface area (Å²) < 4.78 is 0. The zero-order chi connectivity index (χ0) is 9.80. The first-order valence-corrected chi connectivity index (χ1v) is 5.59. The molecule has 1 fully saturated rings. The minimum atomic E-state index is 0.401. The lowest BCUT2D eigenvalue weighted by molar-refractivity contribution is 0.288. The molecule has 1 saturated carbocycles. The third-order valence-corrected chi connectivity index (χ3v) is 3.22. The van der Waals surface area contributed by atoms with Crippen LogP contribution >= 0.6 is 0 Å². The van der Waals surface area contributed by atoms with E-state index in [1.165, 1.54) is 31.4 Å². The van der Waals surface area contributed by atoms with Gasteiger partial charge in [-0.1, -0.05) is 19.3 Å². The molecule has 1 aromatic heterocycles. The molecule has 1 aromatic rings. The van der Waals surface area contributed by atoms with Gasteiger partial charge in [-0.15, -0.1) is 0 Å². The van der Waals surface area contributed by atoms with Crippen LogP contribution in [-0.2, 0) is 0 Å². The van der Waals surface area contributed by atoms with Gasteiger partial charge in [-0.3, -0.25) is 5.10 Å². The zero-order valence-electron chi connectivity index (χ0n) is 8.79. The zero-order valence-corrected chi connectivity index (χ0v) is 8.79. The smallest absolute Gasteiger partial charge is 0.0518 e. The molecule has 0 amide bonds. The molecule has 0 aromatic carbocycles. The topological polar surface area (TPSA) is 40.7 Å². The Labute approximate surface area is 85.3 Å². The van der Waals surface area contributed by atoms with Crippen molar-refractivity contribution in [2.75, 3.05) is 6.54 Å². The van der Waals surface area contributed by atoms with E-state index in [0.717, 1.165) is 12.5 Å². The fraction of sp³-hybridized carbons (Fsp3) is 0.727. The van der Waals surface area contributed by atoms with Crippen LogP contribution in [0.2, 0.25) is 0 Å². The van der Waals surface area contributed by atoms with Crippen LogP contribution in [-0.4, -0.2) is 16.7 Å². The molecule has 1 heterocycles. The lowest BCUT2D eigenvalue weighted by Crippen LogP contribution is -2.24. The predicted molar refractivity (Wildman–Crippen MR) is 57.0 cm³/mol. The maximum atomic E-state index is 3.95. The SMILES string of the molecule is CC(NCCC1CCC1)c1ccn[nH]1. The summed E-state index contributed by atoms with van der Waals surface area (Å²) in [7, 11) is 0. The fourth-order valence-corrected chi connectivity index (χ4v) is 1.90. The van der Waals surface area contributed by atoms with E-state index in [4.69, 9.17) is 0 Å². The Kier molecular flexibility index (Phi) is 3.19. The maximum absolute atomic E-state index is 3.95. The summed E-state index contributed by atoms with van der Waals surface area (Å²) in [6.07, 6.45) is 7.47. The van der Waals surface area contributed by atoms with Crippen molar-refractivity contribution in [3.05, 3.63) is 18.0 Å². The van der Waals surface area contributed by atoms with Crippen LogP contribution in [0.5, 0.6) is 0 Å². The molecule has 1 atom stereocenters. The molecule has 78 valence electrons. The average molecular weight is 193 g/mol. The van der Waals surface area contributed by atoms with Gasteiger partial charge in [0.15, 0.2) is 0 Å². The van der Waals surface area contributed by atoms with Crippen molar-refractivity contribution in [3.63, 3.8) is 0 Å². The van der Waals surface area contributed by atoms with E-state index in [1.54, 1.807) is 6.20 Å². The summed E-state index contributed by atoms with van der Waals surface area (Å²) in [6.45, 7) is 3.30. The summed E-state index contributed by atoms with van der Waals surface area (Å²) >= 11 is 0. The lowest BCUT2D eigenvalue weighted by Gasteiger charge is -2.25. The highest BCUT2D eigenvalue weighted by molar-refractivity contribution is 5.02. The van der Waals surface area contributed by atoms with E-state index in [-0.39, 0.29) is 0 Å². The third kappa shape index (κ3) is 2.35. The van der Waals surface area contributed by atoms with Crippen molar-refractivity contribution < 1.29 is 0 Å². The second-order valence-electron chi connectivity index (χ2n) is 4.27. The number of hydrogen-bond donors (Lipinski definition) is 2. The molecule has 2 rings (SSSR count). The second-order valence-corrected chi connectivity index (χ2v) is 4.27. The molecule has 3 nitrogen and oxygen atoms in total. The molecule has 1 aliphatic carbocycles. The first kappa shape index (κ1) is 9.71. The van der Waals surface area contributed by atoms with Gasteiger partial charge in [0.25, 0.3) is 0 Å². The van der Waals surface area contributed by atoms with Gasteiger partial charge < -0.3 is 5.32 Å². The van der Waals surface area contributed by atoms with E-state index < -0.39 is 0 Å². The Bertz CT molecular complexity index is 252. The van der Waals surface area contributed by atoms with Crippen LogP contribution in [0, 0.1) is 5.92 Å². The second kappa shape index (κ2) is 4.60. The molecule has 1 unspecified atom stereocenters. The number of hydrogen-bond acceptors (Lipinski definition) is 2. The van der Waals surface area contributed by atoms with Crippen LogP contribution in [0.25, 0.3) is 0 Å². The molecular formula is C11H19N3. The van der Waals surface area contributed by atoms with Crippen LogP contribution in [0.3, 0.4) is 0 Å². The van der Waals surface area contributed by atoms with Crippen LogP contribution < -0.4 is 5.32 Å². The summed E-state index contributed by atoms with van der Waals surface area (Å²) in [6, 6.07) is 2.43. The molecule has 14 heavy (non-hydrogen) atoms. The monoisotopic (exact) mass is 193 g/mol. The van der Waals surface area contributed by atoms with Crippen molar-refractivity contribution in [1.82, 2.24) is 15.5 Å². The van der Waals surface area contributed by atoms with E-state index in [2.05, 4.69) is 22.4 Å². The average Bonchev–Trinajstić information content (AvgIpc) is 2.61. The van der Waals surface area contributed by atoms with Gasteiger partial charge in [0.05, 0.1) is 5.69 Å². The summed E-state index contributed by atoms with van der Waals surface area (Å²) in [5.41, 5.74) is 1.18. The van der Waals surface area contributed by atoms with Gasteiger partial charge in [-0.25, -0.2) is 0 Å². The standard InChI is InChI=1S/C11H19N3/c1-9(11-6-8-13-14-11)12-7-5-10-3-2-4-10/h6,8-10,12H,2-5,7H2,1H3,(H,13,14).